The molecule has 1 saturated carbocycles. The molecule has 1 aromatic heterocycles. The Morgan fingerprint density at radius 1 is 1.29 bits per heavy atom. The Hall–Kier alpha value is -1.26. The minimum absolute atomic E-state index is 0.187. The Morgan fingerprint density at radius 2 is 1.95 bits per heavy atom. The second kappa shape index (κ2) is 5.50. The Balaban J connectivity index is 1.97. The van der Waals surface area contributed by atoms with Crippen LogP contribution in [0.4, 0.5) is 4.39 Å². The molecule has 3 rings (SSSR count). The van der Waals surface area contributed by atoms with Gasteiger partial charge in [0.15, 0.2) is 0 Å². The molecule has 21 heavy (non-hydrogen) atoms. The quantitative estimate of drug-likeness (QED) is 0.895. The molecule has 1 N–H and O–H groups in total. The molecule has 0 unspecified atom stereocenters. The first-order chi connectivity index (χ1) is 10.0. The molecule has 1 fully saturated rings. The van der Waals surface area contributed by atoms with Crippen LogP contribution in [0.5, 0.6) is 0 Å². The fraction of sp³-hybridized carbons (Fsp3) is 0.471. The van der Waals surface area contributed by atoms with Gasteiger partial charge in [-0.3, -0.25) is 0 Å². The molecule has 2 aromatic rings. The van der Waals surface area contributed by atoms with Crippen LogP contribution in [0.15, 0.2) is 24.3 Å². The van der Waals surface area contributed by atoms with Gasteiger partial charge in [0.2, 0.25) is 0 Å². The molecule has 2 nitrogen and oxygen atoms in total. The summed E-state index contributed by atoms with van der Waals surface area (Å²) in [6, 6.07) is 6.79. The third-order valence-corrected chi connectivity index (χ3v) is 5.52. The van der Waals surface area contributed by atoms with E-state index in [-0.39, 0.29) is 11.2 Å². The Morgan fingerprint density at radius 3 is 2.52 bits per heavy atom. The lowest BCUT2D eigenvalue weighted by Crippen LogP contribution is -2.18. The summed E-state index contributed by atoms with van der Waals surface area (Å²) in [7, 11) is 1.97. The normalized spacial score (nSPS) is 15.4. The van der Waals surface area contributed by atoms with Gasteiger partial charge in [-0.2, -0.15) is 0 Å². The number of hydrogen-bond acceptors (Lipinski definition) is 3. The number of rotatable bonds is 5. The predicted molar refractivity (Wildman–Crippen MR) is 85.4 cm³/mol. The number of halogens is 1. The van der Waals surface area contributed by atoms with Gasteiger partial charge in [0.1, 0.15) is 10.8 Å². The molecule has 1 aliphatic carbocycles. The summed E-state index contributed by atoms with van der Waals surface area (Å²) in [5.74, 6) is 0.464. The molecule has 0 amide bonds. The molecule has 0 spiro atoms. The molecule has 0 radical (unpaired) electrons. The van der Waals surface area contributed by atoms with Crippen molar-refractivity contribution in [3.63, 3.8) is 0 Å². The monoisotopic (exact) mass is 304 g/mol. The zero-order valence-corrected chi connectivity index (χ0v) is 13.6. The molecule has 1 heterocycles. The summed E-state index contributed by atoms with van der Waals surface area (Å²) in [5.41, 5.74) is 2.20. The lowest BCUT2D eigenvalue weighted by molar-refractivity contribution is 0.610. The highest BCUT2D eigenvalue weighted by Gasteiger charge is 2.33. The van der Waals surface area contributed by atoms with E-state index in [1.54, 1.807) is 11.3 Å². The highest BCUT2D eigenvalue weighted by molar-refractivity contribution is 7.12. The SMILES string of the molecule is CNCc1sc(C(C)(C)c2ccc(F)cc2)nc1C1CC1. The van der Waals surface area contributed by atoms with E-state index in [4.69, 9.17) is 4.98 Å². The van der Waals surface area contributed by atoms with Crippen molar-refractivity contribution < 1.29 is 4.39 Å². The number of nitrogens with one attached hydrogen (secondary N) is 1. The molecule has 112 valence electrons. The molecule has 0 saturated heterocycles. The van der Waals surface area contributed by atoms with Gasteiger partial charge in [0, 0.05) is 22.8 Å². The van der Waals surface area contributed by atoms with E-state index >= 15 is 0 Å². The van der Waals surface area contributed by atoms with Crippen LogP contribution in [0.2, 0.25) is 0 Å². The molecule has 0 aliphatic heterocycles. The lowest BCUT2D eigenvalue weighted by atomic mass is 9.85. The van der Waals surface area contributed by atoms with Gasteiger partial charge in [-0.15, -0.1) is 11.3 Å². The van der Waals surface area contributed by atoms with E-state index < -0.39 is 0 Å². The smallest absolute Gasteiger partial charge is 0.123 e. The number of aromatic nitrogens is 1. The molecular formula is C17H21FN2S. The first kappa shape index (κ1) is 14.7. The van der Waals surface area contributed by atoms with Gasteiger partial charge in [-0.05, 0) is 51.4 Å². The van der Waals surface area contributed by atoms with Crippen molar-refractivity contribution in [2.45, 2.75) is 44.6 Å². The minimum atomic E-state index is -0.191. The molecule has 4 heteroatoms. The van der Waals surface area contributed by atoms with Crippen molar-refractivity contribution >= 4 is 11.3 Å². The second-order valence-corrected chi connectivity index (χ2v) is 7.35. The number of nitrogens with zero attached hydrogens (tertiary/aromatic N) is 1. The van der Waals surface area contributed by atoms with Crippen LogP contribution in [0, 0.1) is 5.82 Å². The first-order valence-electron chi connectivity index (χ1n) is 7.43. The highest BCUT2D eigenvalue weighted by atomic mass is 32.1. The van der Waals surface area contributed by atoms with Crippen molar-refractivity contribution in [1.82, 2.24) is 10.3 Å². The molecule has 1 aromatic carbocycles. The average Bonchev–Trinajstić information content (AvgIpc) is 3.21. The van der Waals surface area contributed by atoms with Crippen LogP contribution in [-0.4, -0.2) is 12.0 Å². The van der Waals surface area contributed by atoms with E-state index in [1.165, 1.54) is 35.5 Å². The maximum atomic E-state index is 13.1. The van der Waals surface area contributed by atoms with Gasteiger partial charge in [-0.1, -0.05) is 12.1 Å². The number of thiazole rings is 1. The van der Waals surface area contributed by atoms with Gasteiger partial charge < -0.3 is 5.32 Å². The van der Waals surface area contributed by atoms with Crippen molar-refractivity contribution in [1.29, 1.82) is 0 Å². The number of benzene rings is 1. The summed E-state index contributed by atoms with van der Waals surface area (Å²) in [4.78, 5) is 6.30. The van der Waals surface area contributed by atoms with E-state index in [9.17, 15) is 4.39 Å². The maximum Gasteiger partial charge on any atom is 0.123 e. The summed E-state index contributed by atoms with van der Waals surface area (Å²) >= 11 is 1.79. The molecule has 0 bridgehead atoms. The number of hydrogen-bond donors (Lipinski definition) is 1. The average molecular weight is 304 g/mol. The van der Waals surface area contributed by atoms with Crippen LogP contribution < -0.4 is 5.32 Å². The third kappa shape index (κ3) is 2.87. The van der Waals surface area contributed by atoms with Crippen LogP contribution in [0.1, 0.15) is 53.7 Å². The van der Waals surface area contributed by atoms with Gasteiger partial charge >= 0.3 is 0 Å². The summed E-state index contributed by atoms with van der Waals surface area (Å²) < 4.78 is 13.1. The maximum absolute atomic E-state index is 13.1. The summed E-state index contributed by atoms with van der Waals surface area (Å²) in [6.07, 6.45) is 2.52. The van der Waals surface area contributed by atoms with E-state index in [1.807, 2.05) is 19.2 Å². The fourth-order valence-electron chi connectivity index (χ4n) is 2.58. The van der Waals surface area contributed by atoms with E-state index in [0.29, 0.717) is 5.92 Å². The summed E-state index contributed by atoms with van der Waals surface area (Å²) in [6.45, 7) is 5.21. The zero-order chi connectivity index (χ0) is 15.0. The largest absolute Gasteiger partial charge is 0.315 e. The van der Waals surface area contributed by atoms with Crippen molar-refractivity contribution in [2.75, 3.05) is 7.05 Å². The van der Waals surface area contributed by atoms with Crippen molar-refractivity contribution in [2.24, 2.45) is 0 Å². The van der Waals surface area contributed by atoms with Crippen LogP contribution in [-0.2, 0) is 12.0 Å². The second-order valence-electron chi connectivity index (χ2n) is 6.26. The minimum Gasteiger partial charge on any atom is -0.315 e. The van der Waals surface area contributed by atoms with Crippen LogP contribution >= 0.6 is 11.3 Å². The Labute approximate surface area is 129 Å². The standard InChI is InChI=1S/C17H21FN2S/c1-17(2,12-6-8-13(18)9-7-12)16-20-15(11-4-5-11)14(21-16)10-19-3/h6-9,11,19H,4-5,10H2,1-3H3. The third-order valence-electron chi connectivity index (χ3n) is 4.13. The van der Waals surface area contributed by atoms with E-state index in [2.05, 4.69) is 19.2 Å². The van der Waals surface area contributed by atoms with Gasteiger partial charge in [-0.25, -0.2) is 9.37 Å². The Kier molecular flexibility index (Phi) is 3.84. The lowest BCUT2D eigenvalue weighted by Gasteiger charge is -2.22. The molecule has 1 aliphatic rings. The van der Waals surface area contributed by atoms with Gasteiger partial charge in [0.25, 0.3) is 0 Å². The van der Waals surface area contributed by atoms with E-state index in [0.717, 1.165) is 17.1 Å². The fourth-order valence-corrected chi connectivity index (χ4v) is 3.87. The topological polar surface area (TPSA) is 24.9 Å². The molecular weight excluding hydrogens is 283 g/mol. The zero-order valence-electron chi connectivity index (χ0n) is 12.7. The first-order valence-corrected chi connectivity index (χ1v) is 8.24. The predicted octanol–water partition coefficient (Wildman–Crippen LogP) is 4.20. The van der Waals surface area contributed by atoms with Gasteiger partial charge in [0.05, 0.1) is 5.69 Å². The molecule has 0 atom stereocenters. The van der Waals surface area contributed by atoms with Crippen LogP contribution in [0.25, 0.3) is 0 Å². The van der Waals surface area contributed by atoms with Crippen molar-refractivity contribution in [3.8, 4) is 0 Å². The highest BCUT2D eigenvalue weighted by Crippen LogP contribution is 2.45. The van der Waals surface area contributed by atoms with Crippen LogP contribution in [0.3, 0.4) is 0 Å². The summed E-state index contributed by atoms with van der Waals surface area (Å²) in [5, 5.41) is 4.37. The Bertz CT molecular complexity index is 627. The van der Waals surface area contributed by atoms with Crippen molar-refractivity contribution in [3.05, 3.63) is 51.2 Å².